The summed E-state index contributed by atoms with van der Waals surface area (Å²) < 4.78 is 5.21. The molecule has 7 aromatic rings. The molecule has 2 atom stereocenters. The van der Waals surface area contributed by atoms with Gasteiger partial charge in [0, 0.05) is 155 Å². The van der Waals surface area contributed by atoms with Crippen molar-refractivity contribution < 1.29 is 19.2 Å². The van der Waals surface area contributed by atoms with E-state index in [0.29, 0.717) is 70.8 Å². The molecule has 0 radical (unpaired) electrons. The van der Waals surface area contributed by atoms with Crippen molar-refractivity contribution in [1.82, 2.24) is 53.9 Å². The summed E-state index contributed by atoms with van der Waals surface area (Å²) in [5.74, 6) is 1.20. The molecule has 1 unspecified atom stereocenters. The summed E-state index contributed by atoms with van der Waals surface area (Å²) in [7, 11) is 0. The summed E-state index contributed by atoms with van der Waals surface area (Å²) in [6.45, 7) is 16.3. The molecule has 5 fully saturated rings. The van der Waals surface area contributed by atoms with Crippen LogP contribution in [0.25, 0.3) is 16.6 Å². The maximum Gasteiger partial charge on any atom is 0.325 e. The van der Waals surface area contributed by atoms with Gasteiger partial charge < -0.3 is 43.8 Å². The zero-order valence-corrected chi connectivity index (χ0v) is 48.5. The second-order valence-electron chi connectivity index (χ2n) is 24.5. The van der Waals surface area contributed by atoms with E-state index >= 15 is 0 Å². The summed E-state index contributed by atoms with van der Waals surface area (Å²) in [5, 5.41) is 6.10. The number of piperidine rings is 2. The minimum Gasteiger partial charge on any atom is -0.370 e. The Kier molecular flexibility index (Phi) is 14.6. The van der Waals surface area contributed by atoms with E-state index in [1.165, 1.54) is 21.6 Å². The Morgan fingerprint density at radius 2 is 1.32 bits per heavy atom. The summed E-state index contributed by atoms with van der Waals surface area (Å²) in [6.07, 6.45) is 15.1. The Balaban J connectivity index is 0.660. The number of fused-ring (bicyclic) bond motifs is 1. The minimum absolute atomic E-state index is 0.0423. The van der Waals surface area contributed by atoms with Crippen molar-refractivity contribution >= 4 is 53.0 Å². The number of amides is 6. The molecule has 12 rings (SSSR count). The van der Waals surface area contributed by atoms with Crippen LogP contribution < -0.4 is 41.4 Å². The third kappa shape index (κ3) is 10.5. The lowest BCUT2D eigenvalue weighted by Crippen LogP contribution is -2.56. The van der Waals surface area contributed by atoms with Crippen LogP contribution in [0.2, 0.25) is 0 Å². The van der Waals surface area contributed by atoms with Gasteiger partial charge in [0.1, 0.15) is 11.1 Å². The van der Waals surface area contributed by atoms with Gasteiger partial charge >= 0.3 is 12.1 Å². The lowest BCUT2D eigenvalue weighted by Gasteiger charge is -2.41. The molecule has 0 saturated carbocycles. The fourth-order valence-electron chi connectivity index (χ4n) is 13.6. The highest BCUT2D eigenvalue weighted by molar-refractivity contribution is 6.07. The average molecular weight is 1140 g/mol. The van der Waals surface area contributed by atoms with Crippen LogP contribution in [0.4, 0.5) is 32.7 Å². The van der Waals surface area contributed by atoms with E-state index in [4.69, 9.17) is 0 Å². The quantitative estimate of drug-likeness (QED) is 0.0855. The SMILES string of the molecule is Cc1cc(N2CC[C@@](C)(c3ccccc3-c3cccc(C4(C)CCN(c5cc(C)n(CCN6C(=O)NC7(CCN(c8ncccn8)CC7)C6=O)c(=O)c5)C4)c3)C2)cc(=O)n1CCN(C=O)C(=O)NC1(C)CCN(c2nccn3cncc23)CC1. The number of hydrogen-bond acceptors (Lipinski definition) is 14. The van der Waals surface area contributed by atoms with Crippen molar-refractivity contribution in [3.63, 3.8) is 0 Å². The molecule has 5 aliphatic rings. The molecule has 1 spiro atoms. The number of aryl methyl sites for hydroxylation is 2. The van der Waals surface area contributed by atoms with Gasteiger partial charge in [0.25, 0.3) is 17.0 Å². The first-order valence-corrected chi connectivity index (χ1v) is 29.3. The lowest BCUT2D eigenvalue weighted by atomic mass is 9.76. The molecule has 5 saturated heterocycles. The maximum absolute atomic E-state index is 13.9. The monoisotopic (exact) mass is 1140 g/mol. The number of hydrogen-bond donors (Lipinski definition) is 2. The van der Waals surface area contributed by atoms with Crippen LogP contribution in [0.15, 0.2) is 126 Å². The number of imidazole rings is 1. The molecule has 2 aromatic carbocycles. The number of carbonyl (C=O) groups excluding carboxylic acids is 4. The molecule has 21 heteroatoms. The van der Waals surface area contributed by atoms with Gasteiger partial charge in [-0.15, -0.1) is 0 Å². The van der Waals surface area contributed by atoms with Gasteiger partial charge in [0.15, 0.2) is 5.82 Å². The molecular weight excluding hydrogens is 1060 g/mol. The minimum atomic E-state index is -0.972. The van der Waals surface area contributed by atoms with E-state index < -0.39 is 23.1 Å². The highest BCUT2D eigenvalue weighted by atomic mass is 16.2. The Bertz CT molecular complexity index is 3790. The van der Waals surface area contributed by atoms with Gasteiger partial charge in [-0.1, -0.05) is 62.4 Å². The molecular formula is C63H73N15O6. The summed E-state index contributed by atoms with van der Waals surface area (Å²) in [4.78, 5) is 109. The van der Waals surface area contributed by atoms with Crippen molar-refractivity contribution in [3.8, 4) is 11.1 Å². The Hall–Kier alpha value is -8.88. The number of benzene rings is 2. The van der Waals surface area contributed by atoms with E-state index in [-0.39, 0.29) is 54.0 Å². The predicted octanol–water partition coefficient (Wildman–Crippen LogP) is 6.28. The van der Waals surface area contributed by atoms with E-state index in [2.05, 4.69) is 108 Å². The smallest absolute Gasteiger partial charge is 0.325 e. The molecule has 436 valence electrons. The lowest BCUT2D eigenvalue weighted by molar-refractivity contribution is -0.132. The number of pyridine rings is 2. The summed E-state index contributed by atoms with van der Waals surface area (Å²) >= 11 is 0. The third-order valence-electron chi connectivity index (χ3n) is 18.9. The normalized spacial score (nSPS) is 21.2. The van der Waals surface area contributed by atoms with Crippen LogP contribution in [0.5, 0.6) is 0 Å². The van der Waals surface area contributed by atoms with Crippen molar-refractivity contribution in [2.75, 3.05) is 85.0 Å². The van der Waals surface area contributed by atoms with Crippen LogP contribution in [-0.4, -0.2) is 144 Å². The van der Waals surface area contributed by atoms with Crippen LogP contribution >= 0.6 is 0 Å². The zero-order valence-electron chi connectivity index (χ0n) is 48.5. The molecule has 5 aromatic heterocycles. The number of rotatable bonds is 15. The molecule has 0 bridgehead atoms. The second-order valence-corrected chi connectivity index (χ2v) is 24.5. The molecule has 21 nitrogen and oxygen atoms in total. The number of carbonyl (C=O) groups is 4. The topological polar surface area (TPSA) is 212 Å². The number of urea groups is 2. The zero-order chi connectivity index (χ0) is 58.5. The highest BCUT2D eigenvalue weighted by Crippen LogP contribution is 2.43. The largest absolute Gasteiger partial charge is 0.370 e. The molecule has 0 aliphatic carbocycles. The summed E-state index contributed by atoms with van der Waals surface area (Å²) in [6, 6.07) is 25.8. The fourth-order valence-corrected chi connectivity index (χ4v) is 13.6. The van der Waals surface area contributed by atoms with Gasteiger partial charge in [-0.25, -0.2) is 29.5 Å². The van der Waals surface area contributed by atoms with E-state index in [9.17, 15) is 28.8 Å². The Morgan fingerprint density at radius 1 is 0.679 bits per heavy atom. The van der Waals surface area contributed by atoms with E-state index in [1.54, 1.807) is 58.4 Å². The van der Waals surface area contributed by atoms with Crippen LogP contribution in [0, 0.1) is 13.8 Å². The number of anilines is 4. The Morgan fingerprint density at radius 3 is 2.01 bits per heavy atom. The van der Waals surface area contributed by atoms with Gasteiger partial charge in [-0.05, 0) is 99.7 Å². The standard InChI is InChI=1S/C63H73N15O6/c1-44-34-49(38-53(80)76(44)31-30-75(43-79)58(83)68-62(5)16-25-70(26-17-62)55-52-39-64-42-74(52)29-22-65-55)73-24-15-61(4,41-73)51-13-7-6-12-50(51)46-10-8-11-47(36-46)60(3)14-23-72(40-60)48-35-45(2)77(54(81)37-48)32-33-78-56(82)63(69-59(78)84)18-27-71(28-19-63)57-66-20-9-21-67-57/h6-13,20-22,29,34-39,42-43H,14-19,23-28,30-33,40-41H2,1-5H3,(H,68,83)(H,69,84)/t60?,61-/m1/s1. The van der Waals surface area contributed by atoms with Gasteiger partial charge in [0.2, 0.25) is 12.4 Å². The van der Waals surface area contributed by atoms with Crippen molar-refractivity contribution in [2.24, 2.45) is 0 Å². The average Bonchev–Trinajstić information content (AvgIpc) is 4.06. The van der Waals surface area contributed by atoms with Gasteiger partial charge in [-0.3, -0.25) is 29.0 Å². The molecule has 10 heterocycles. The number of imide groups is 2. The predicted molar refractivity (Wildman–Crippen MR) is 322 cm³/mol. The van der Waals surface area contributed by atoms with E-state index in [1.807, 2.05) is 48.4 Å². The van der Waals surface area contributed by atoms with Crippen molar-refractivity contribution in [2.45, 2.75) is 108 Å². The molecule has 2 N–H and O–H groups in total. The number of nitrogens with zero attached hydrogens (tertiary/aromatic N) is 13. The highest BCUT2D eigenvalue weighted by Gasteiger charge is 2.52. The molecule has 84 heavy (non-hydrogen) atoms. The van der Waals surface area contributed by atoms with E-state index in [0.717, 1.165) is 77.0 Å². The first kappa shape index (κ1) is 55.6. The maximum atomic E-state index is 13.9. The number of aromatic nitrogens is 7. The van der Waals surface area contributed by atoms with Crippen molar-refractivity contribution in [3.05, 3.63) is 159 Å². The molecule has 6 amide bonds. The van der Waals surface area contributed by atoms with Crippen LogP contribution in [0.3, 0.4) is 0 Å². The first-order valence-electron chi connectivity index (χ1n) is 29.3. The molecule has 5 aliphatic heterocycles. The fraction of sp³-hybridized carbons (Fsp3) is 0.429. The Labute approximate surface area is 487 Å². The van der Waals surface area contributed by atoms with Crippen LogP contribution in [-0.2, 0) is 33.5 Å². The number of nitrogens with one attached hydrogen (secondary N) is 2. The van der Waals surface area contributed by atoms with Crippen molar-refractivity contribution in [1.29, 1.82) is 0 Å². The summed E-state index contributed by atoms with van der Waals surface area (Å²) in [5.41, 5.74) is 6.62. The second kappa shape index (κ2) is 22.0. The first-order chi connectivity index (χ1) is 40.4. The van der Waals surface area contributed by atoms with Gasteiger partial charge in [-0.2, -0.15) is 0 Å². The van der Waals surface area contributed by atoms with Crippen LogP contribution in [0.1, 0.15) is 81.8 Å². The third-order valence-corrected chi connectivity index (χ3v) is 18.9. The van der Waals surface area contributed by atoms with Gasteiger partial charge in [0.05, 0.1) is 12.5 Å².